The van der Waals surface area contributed by atoms with E-state index in [4.69, 9.17) is 10.4 Å². The van der Waals surface area contributed by atoms with Gasteiger partial charge in [0, 0.05) is 6.61 Å². The van der Waals surface area contributed by atoms with E-state index in [9.17, 15) is 0 Å². The largest absolute Gasteiger partial charge is 0.396 e. The number of aliphatic hydroxyl groups excluding tert-OH is 1. The van der Waals surface area contributed by atoms with Crippen LogP contribution in [0.3, 0.4) is 0 Å². The van der Waals surface area contributed by atoms with Gasteiger partial charge < -0.3 is 5.11 Å². The van der Waals surface area contributed by atoms with E-state index >= 15 is 0 Å². The molecule has 0 aliphatic carbocycles. The summed E-state index contributed by atoms with van der Waals surface area (Å²) < 4.78 is 0. The van der Waals surface area contributed by atoms with Crippen LogP contribution in [0.1, 0.15) is 46.0 Å². The summed E-state index contributed by atoms with van der Waals surface area (Å²) in [6.45, 7) is 5.10. The van der Waals surface area contributed by atoms with Crippen molar-refractivity contribution in [3.05, 3.63) is 0 Å². The molecular weight excluding hydrogens is 176 g/mol. The van der Waals surface area contributed by atoms with Crippen molar-refractivity contribution in [2.24, 2.45) is 0 Å². The van der Waals surface area contributed by atoms with Gasteiger partial charge in [0.2, 0.25) is 0 Å². The zero-order chi connectivity index (χ0) is 10.9. The predicted octanol–water partition coefficient (Wildman–Crippen LogP) is 1.82. The Kier molecular flexibility index (Phi) is 7.45. The molecule has 0 aromatic rings. The summed E-state index contributed by atoms with van der Waals surface area (Å²) in [4.78, 5) is 0. The van der Waals surface area contributed by atoms with Crippen molar-refractivity contribution in [2.45, 2.75) is 51.5 Å². The molecule has 0 atom stereocenters. The molecule has 14 heavy (non-hydrogen) atoms. The van der Waals surface area contributed by atoms with Crippen LogP contribution < -0.4 is 5.32 Å². The Morgan fingerprint density at radius 3 is 2.21 bits per heavy atom. The Morgan fingerprint density at radius 1 is 1.29 bits per heavy atom. The van der Waals surface area contributed by atoms with Crippen LogP contribution >= 0.6 is 0 Å². The molecule has 3 nitrogen and oxygen atoms in total. The van der Waals surface area contributed by atoms with Gasteiger partial charge in [-0.25, -0.2) is 0 Å². The first-order chi connectivity index (χ1) is 6.74. The van der Waals surface area contributed by atoms with E-state index in [1.807, 2.05) is 0 Å². The van der Waals surface area contributed by atoms with Gasteiger partial charge in [0.25, 0.3) is 0 Å². The molecule has 0 saturated heterocycles. The standard InChI is InChI=1S/C11H22N2O/c1-3-6-11(10-12,7-4-2)13-8-5-9-14/h13-14H,3-9H2,1-2H3. The Labute approximate surface area is 87.1 Å². The van der Waals surface area contributed by atoms with E-state index in [2.05, 4.69) is 25.2 Å². The molecule has 3 heteroatoms. The SMILES string of the molecule is CCCC(C#N)(CCC)NCCCO. The summed E-state index contributed by atoms with van der Waals surface area (Å²) in [5, 5.41) is 21.1. The predicted molar refractivity (Wildman–Crippen MR) is 57.9 cm³/mol. The summed E-state index contributed by atoms with van der Waals surface area (Å²) in [5.41, 5.74) is -0.362. The molecule has 0 aromatic carbocycles. The van der Waals surface area contributed by atoms with Crippen molar-refractivity contribution in [3.63, 3.8) is 0 Å². The number of rotatable bonds is 8. The molecule has 0 amide bonds. The van der Waals surface area contributed by atoms with Crippen LogP contribution in [0.4, 0.5) is 0 Å². The summed E-state index contributed by atoms with van der Waals surface area (Å²) in [7, 11) is 0. The van der Waals surface area contributed by atoms with Gasteiger partial charge in [0.1, 0.15) is 5.54 Å². The normalized spacial score (nSPS) is 11.3. The maximum atomic E-state index is 9.16. The zero-order valence-corrected chi connectivity index (χ0v) is 9.34. The number of nitrogens with zero attached hydrogens (tertiary/aromatic N) is 1. The van der Waals surface area contributed by atoms with Gasteiger partial charge in [-0.1, -0.05) is 26.7 Å². The summed E-state index contributed by atoms with van der Waals surface area (Å²) in [6.07, 6.45) is 4.53. The summed E-state index contributed by atoms with van der Waals surface area (Å²) >= 11 is 0. The molecule has 82 valence electrons. The van der Waals surface area contributed by atoms with Crippen molar-refractivity contribution < 1.29 is 5.11 Å². The Morgan fingerprint density at radius 2 is 1.86 bits per heavy atom. The number of hydrogen-bond donors (Lipinski definition) is 2. The van der Waals surface area contributed by atoms with Crippen molar-refractivity contribution in [2.75, 3.05) is 13.2 Å². The lowest BCUT2D eigenvalue weighted by Crippen LogP contribution is -2.44. The Hall–Kier alpha value is -0.590. The second-order valence-corrected chi connectivity index (χ2v) is 3.70. The van der Waals surface area contributed by atoms with Crippen LogP contribution in [-0.2, 0) is 0 Å². The van der Waals surface area contributed by atoms with Crippen LogP contribution in [0.25, 0.3) is 0 Å². The molecular formula is C11H22N2O. The topological polar surface area (TPSA) is 56.0 Å². The minimum absolute atomic E-state index is 0.187. The average molecular weight is 198 g/mol. The lowest BCUT2D eigenvalue weighted by molar-refractivity contribution is 0.271. The number of aliphatic hydroxyl groups is 1. The molecule has 0 aromatic heterocycles. The highest BCUT2D eigenvalue weighted by molar-refractivity contribution is 5.06. The molecule has 0 heterocycles. The van der Waals surface area contributed by atoms with Crippen LogP contribution in [-0.4, -0.2) is 23.8 Å². The molecule has 0 radical (unpaired) electrons. The fourth-order valence-electron chi connectivity index (χ4n) is 1.71. The molecule has 0 saturated carbocycles. The highest BCUT2D eigenvalue weighted by Gasteiger charge is 2.26. The van der Waals surface area contributed by atoms with Crippen LogP contribution in [0, 0.1) is 11.3 Å². The molecule has 2 N–H and O–H groups in total. The quantitative estimate of drug-likeness (QED) is 0.585. The van der Waals surface area contributed by atoms with Crippen molar-refractivity contribution in [1.29, 1.82) is 5.26 Å². The minimum Gasteiger partial charge on any atom is -0.396 e. The van der Waals surface area contributed by atoms with Gasteiger partial charge >= 0.3 is 0 Å². The third kappa shape index (κ3) is 4.59. The fraction of sp³-hybridized carbons (Fsp3) is 0.909. The second-order valence-electron chi connectivity index (χ2n) is 3.70. The maximum Gasteiger partial charge on any atom is 0.106 e. The highest BCUT2D eigenvalue weighted by Crippen LogP contribution is 2.18. The first-order valence-corrected chi connectivity index (χ1v) is 5.51. The first-order valence-electron chi connectivity index (χ1n) is 5.51. The van der Waals surface area contributed by atoms with Gasteiger partial charge in [0.15, 0.2) is 0 Å². The van der Waals surface area contributed by atoms with E-state index in [-0.39, 0.29) is 12.1 Å². The monoisotopic (exact) mass is 198 g/mol. The van der Waals surface area contributed by atoms with Gasteiger partial charge in [-0.15, -0.1) is 0 Å². The molecule has 0 rings (SSSR count). The molecule has 0 fully saturated rings. The van der Waals surface area contributed by atoms with Gasteiger partial charge in [0.05, 0.1) is 6.07 Å². The van der Waals surface area contributed by atoms with E-state index < -0.39 is 0 Å². The molecule has 0 aliphatic rings. The minimum atomic E-state index is -0.362. The third-order valence-corrected chi connectivity index (χ3v) is 2.37. The van der Waals surface area contributed by atoms with E-state index in [0.29, 0.717) is 0 Å². The first kappa shape index (κ1) is 13.4. The van der Waals surface area contributed by atoms with Crippen molar-refractivity contribution in [1.82, 2.24) is 5.32 Å². The van der Waals surface area contributed by atoms with E-state index in [1.54, 1.807) is 0 Å². The maximum absolute atomic E-state index is 9.16. The molecule has 0 aliphatic heterocycles. The van der Waals surface area contributed by atoms with E-state index in [0.717, 1.165) is 38.6 Å². The van der Waals surface area contributed by atoms with Crippen molar-refractivity contribution >= 4 is 0 Å². The zero-order valence-electron chi connectivity index (χ0n) is 9.34. The molecule has 0 bridgehead atoms. The number of hydrogen-bond acceptors (Lipinski definition) is 3. The van der Waals surface area contributed by atoms with Crippen LogP contribution in [0.2, 0.25) is 0 Å². The smallest absolute Gasteiger partial charge is 0.106 e. The average Bonchev–Trinajstić information content (AvgIpc) is 2.19. The van der Waals surface area contributed by atoms with Crippen LogP contribution in [0.15, 0.2) is 0 Å². The Bertz CT molecular complexity index is 169. The van der Waals surface area contributed by atoms with Gasteiger partial charge in [-0.2, -0.15) is 5.26 Å². The number of nitrogens with one attached hydrogen (secondary N) is 1. The summed E-state index contributed by atoms with van der Waals surface area (Å²) in [6, 6.07) is 2.38. The second kappa shape index (κ2) is 7.78. The number of nitriles is 1. The third-order valence-electron chi connectivity index (χ3n) is 2.37. The highest BCUT2D eigenvalue weighted by atomic mass is 16.3. The lowest BCUT2D eigenvalue weighted by atomic mass is 9.90. The van der Waals surface area contributed by atoms with E-state index in [1.165, 1.54) is 0 Å². The van der Waals surface area contributed by atoms with Crippen molar-refractivity contribution in [3.8, 4) is 6.07 Å². The fourth-order valence-corrected chi connectivity index (χ4v) is 1.71. The van der Waals surface area contributed by atoms with Gasteiger partial charge in [-0.05, 0) is 25.8 Å². The summed E-state index contributed by atoms with van der Waals surface area (Å²) in [5.74, 6) is 0. The Balaban J connectivity index is 4.12. The molecule has 0 unspecified atom stereocenters. The van der Waals surface area contributed by atoms with Crippen LogP contribution in [0.5, 0.6) is 0 Å². The molecule has 0 spiro atoms. The lowest BCUT2D eigenvalue weighted by Gasteiger charge is -2.27. The van der Waals surface area contributed by atoms with Gasteiger partial charge in [-0.3, -0.25) is 5.32 Å².